The van der Waals surface area contributed by atoms with Crippen molar-refractivity contribution in [2.45, 2.75) is 64.8 Å². The van der Waals surface area contributed by atoms with Gasteiger partial charge in [-0.3, -0.25) is 23.2 Å². The lowest BCUT2D eigenvalue weighted by Crippen LogP contribution is -2.45. The van der Waals surface area contributed by atoms with Gasteiger partial charge in [0.15, 0.2) is 17.4 Å². The Balaban J connectivity index is 1.80. The van der Waals surface area contributed by atoms with Crippen LogP contribution in [0.1, 0.15) is 39.5 Å². The summed E-state index contributed by atoms with van der Waals surface area (Å²) in [5.41, 5.74) is 10.5. The number of anilines is 1. The van der Waals surface area contributed by atoms with Gasteiger partial charge in [-0.15, -0.1) is 0 Å². The van der Waals surface area contributed by atoms with Crippen molar-refractivity contribution in [3.05, 3.63) is 58.6 Å². The number of aromatic nitrogens is 2. The Labute approximate surface area is 265 Å². The monoisotopic (exact) mass is 671 g/mol. The first-order valence-electron chi connectivity index (χ1n) is 14.3. The van der Waals surface area contributed by atoms with Crippen molar-refractivity contribution in [2.24, 2.45) is 17.1 Å². The van der Waals surface area contributed by atoms with E-state index in [4.69, 9.17) is 30.0 Å². The van der Waals surface area contributed by atoms with Crippen molar-refractivity contribution in [1.29, 1.82) is 0 Å². The molecule has 1 aliphatic rings. The number of aliphatic hydroxyl groups excluding tert-OH is 2. The highest BCUT2D eigenvalue weighted by Crippen LogP contribution is 2.45. The molecule has 45 heavy (non-hydrogen) atoms. The number of benzene rings is 1. The third kappa shape index (κ3) is 10.2. The van der Waals surface area contributed by atoms with E-state index in [2.05, 4.69) is 10.1 Å². The lowest BCUT2D eigenvalue weighted by atomic mass is 9.97. The number of nitrogens with zero attached hydrogens (tertiary/aromatic N) is 2. The number of esters is 1. The summed E-state index contributed by atoms with van der Waals surface area (Å²) in [6.45, 7) is 5.73. The smallest absolute Gasteiger partial charge is 0.405 e. The van der Waals surface area contributed by atoms with Crippen LogP contribution in [0.3, 0.4) is 0 Å². The predicted octanol–water partition coefficient (Wildman–Crippen LogP) is 1.19. The SMILES string of the molecule is CC(C)C(N)C(=O)O[C@@H]1C(O)C(n2ccc(N)nc2=O)O[C@@H]1COP(=O)(NCc1ccccc1)OCCSC(=O)C(C)(C)CO. The van der Waals surface area contributed by atoms with Crippen LogP contribution >= 0.6 is 19.5 Å². The molecule has 17 heteroatoms. The molecule has 0 radical (unpaired) electrons. The van der Waals surface area contributed by atoms with Gasteiger partial charge in [0.05, 0.1) is 25.2 Å². The maximum absolute atomic E-state index is 13.9. The third-order valence-electron chi connectivity index (χ3n) is 6.93. The topological polar surface area (TPSA) is 228 Å². The summed E-state index contributed by atoms with van der Waals surface area (Å²) in [7, 11) is -4.12. The molecule has 6 atom stereocenters. The average Bonchev–Trinajstić information content (AvgIpc) is 3.31. The van der Waals surface area contributed by atoms with Crippen molar-refractivity contribution < 1.29 is 42.9 Å². The molecule has 2 aromatic rings. The zero-order chi connectivity index (χ0) is 33.4. The minimum absolute atomic E-state index is 0.0446. The van der Waals surface area contributed by atoms with Gasteiger partial charge in [-0.2, -0.15) is 4.98 Å². The zero-order valence-corrected chi connectivity index (χ0v) is 27.3. The number of ether oxygens (including phenoxy) is 2. The Morgan fingerprint density at radius 2 is 1.91 bits per heavy atom. The molecule has 0 aliphatic carbocycles. The quantitative estimate of drug-likeness (QED) is 0.0959. The molecular formula is C28H42N5O10PS. The first kappa shape index (κ1) is 36.8. The van der Waals surface area contributed by atoms with Gasteiger partial charge in [-0.05, 0) is 31.4 Å². The lowest BCUT2D eigenvalue weighted by molar-refractivity contribution is -0.159. The molecule has 1 fully saturated rings. The number of carbonyl (C=O) groups excluding carboxylic acids is 2. The lowest BCUT2D eigenvalue weighted by Gasteiger charge is -2.25. The minimum Gasteiger partial charge on any atom is -0.455 e. The summed E-state index contributed by atoms with van der Waals surface area (Å²) in [5, 5.41) is 23.1. The molecule has 1 saturated heterocycles. The van der Waals surface area contributed by atoms with Crippen molar-refractivity contribution in [3.8, 4) is 0 Å². The van der Waals surface area contributed by atoms with Crippen molar-refractivity contribution >= 4 is 36.4 Å². The molecule has 7 N–H and O–H groups in total. The Hall–Kier alpha value is -2.66. The molecule has 0 amide bonds. The molecule has 1 aromatic heterocycles. The second kappa shape index (κ2) is 16.3. The van der Waals surface area contributed by atoms with Crippen LogP contribution in [0.4, 0.5) is 5.82 Å². The number of nitrogen functional groups attached to an aromatic ring is 1. The molecular weight excluding hydrogens is 629 g/mol. The molecule has 4 unspecified atom stereocenters. The maximum Gasteiger partial charge on any atom is 0.405 e. The van der Waals surface area contributed by atoms with Crippen LogP contribution in [0.15, 0.2) is 47.4 Å². The van der Waals surface area contributed by atoms with E-state index in [1.54, 1.807) is 52.0 Å². The van der Waals surface area contributed by atoms with E-state index in [1.165, 1.54) is 12.3 Å². The third-order valence-corrected chi connectivity index (χ3v) is 9.67. The van der Waals surface area contributed by atoms with Gasteiger partial charge in [-0.1, -0.05) is 55.9 Å². The van der Waals surface area contributed by atoms with E-state index in [-0.39, 0.29) is 42.4 Å². The number of hydrogen-bond donors (Lipinski definition) is 5. The largest absolute Gasteiger partial charge is 0.455 e. The van der Waals surface area contributed by atoms with Crippen LogP contribution in [-0.2, 0) is 39.2 Å². The van der Waals surface area contributed by atoms with Crippen LogP contribution in [-0.4, -0.2) is 80.8 Å². The van der Waals surface area contributed by atoms with Crippen LogP contribution < -0.4 is 22.2 Å². The average molecular weight is 672 g/mol. The number of hydrogen-bond acceptors (Lipinski definition) is 14. The highest BCUT2D eigenvalue weighted by atomic mass is 32.2. The van der Waals surface area contributed by atoms with Gasteiger partial charge in [-0.25, -0.2) is 14.4 Å². The Morgan fingerprint density at radius 1 is 1.22 bits per heavy atom. The Bertz CT molecular complexity index is 1400. The molecule has 3 rings (SSSR count). The van der Waals surface area contributed by atoms with Crippen molar-refractivity contribution in [2.75, 3.05) is 31.3 Å². The first-order chi connectivity index (χ1) is 21.2. The normalized spacial score (nSPS) is 22.2. The fourth-order valence-corrected chi connectivity index (χ4v) is 6.21. The first-order valence-corrected chi connectivity index (χ1v) is 16.8. The molecule has 250 valence electrons. The maximum atomic E-state index is 13.9. The molecule has 1 aromatic carbocycles. The Morgan fingerprint density at radius 3 is 2.53 bits per heavy atom. The molecule has 15 nitrogen and oxygen atoms in total. The number of nitrogens with two attached hydrogens (primary N) is 2. The number of aliphatic hydroxyl groups is 2. The second-order valence-corrected chi connectivity index (χ2v) is 14.3. The van der Waals surface area contributed by atoms with Crippen LogP contribution in [0, 0.1) is 11.3 Å². The molecule has 0 saturated carbocycles. The van der Waals surface area contributed by atoms with Gasteiger partial charge in [0, 0.05) is 18.5 Å². The van der Waals surface area contributed by atoms with E-state index < -0.39 is 62.0 Å². The van der Waals surface area contributed by atoms with E-state index in [0.717, 1.165) is 21.9 Å². The summed E-state index contributed by atoms with van der Waals surface area (Å²) >= 11 is 0.917. The zero-order valence-electron chi connectivity index (χ0n) is 25.6. The van der Waals surface area contributed by atoms with E-state index >= 15 is 0 Å². The summed E-state index contributed by atoms with van der Waals surface area (Å²) in [5.74, 6) is -1.03. The highest BCUT2D eigenvalue weighted by Gasteiger charge is 2.49. The number of thioether (sulfide) groups is 1. The van der Waals surface area contributed by atoms with Crippen molar-refractivity contribution in [1.82, 2.24) is 14.6 Å². The van der Waals surface area contributed by atoms with Gasteiger partial charge < -0.3 is 31.2 Å². The summed E-state index contributed by atoms with van der Waals surface area (Å²) in [6.07, 6.45) is -4.27. The van der Waals surface area contributed by atoms with Crippen LogP contribution in [0.2, 0.25) is 0 Å². The van der Waals surface area contributed by atoms with Gasteiger partial charge >= 0.3 is 19.4 Å². The molecule has 1 aliphatic heterocycles. The predicted molar refractivity (Wildman–Crippen MR) is 167 cm³/mol. The standard InChI is InChI=1S/C28H42N5O10PS/c1-17(2)21(30)25(36)43-23-19(42-24(22(23)35)33-11-10-20(29)32-27(33)38)15-41-44(39,31-14-18-8-6-5-7-9-18)40-12-13-45-26(37)28(3,4)16-34/h5-11,17,19,21-24,34-35H,12-16,30H2,1-4H3,(H,31,39)(H2,29,32,38)/t19-,21?,22?,23+,24?,44?/m1/s1. The number of carbonyl (C=O) groups is 2. The van der Waals surface area contributed by atoms with E-state index in [1.807, 2.05) is 6.07 Å². The minimum atomic E-state index is -4.12. The Kier molecular flexibility index (Phi) is 13.3. The molecule has 0 spiro atoms. The van der Waals surface area contributed by atoms with E-state index in [0.29, 0.717) is 0 Å². The van der Waals surface area contributed by atoms with Crippen LogP contribution in [0.5, 0.6) is 0 Å². The van der Waals surface area contributed by atoms with Gasteiger partial charge in [0.1, 0.15) is 24.1 Å². The fourth-order valence-electron chi connectivity index (χ4n) is 3.97. The van der Waals surface area contributed by atoms with Gasteiger partial charge in [0.25, 0.3) is 0 Å². The molecule has 0 bridgehead atoms. The number of nitrogens with one attached hydrogen (secondary N) is 1. The van der Waals surface area contributed by atoms with Crippen LogP contribution in [0.25, 0.3) is 0 Å². The number of rotatable bonds is 16. The fraction of sp³-hybridized carbons (Fsp3) is 0.571. The second-order valence-electron chi connectivity index (χ2n) is 11.4. The van der Waals surface area contributed by atoms with Crippen molar-refractivity contribution in [3.63, 3.8) is 0 Å². The molecule has 2 heterocycles. The summed E-state index contributed by atoms with van der Waals surface area (Å²) in [4.78, 5) is 41.3. The highest BCUT2D eigenvalue weighted by molar-refractivity contribution is 8.13. The van der Waals surface area contributed by atoms with E-state index in [9.17, 15) is 29.2 Å². The summed E-state index contributed by atoms with van der Waals surface area (Å²) < 4.78 is 37.7. The van der Waals surface area contributed by atoms with Gasteiger partial charge in [0.2, 0.25) is 0 Å². The summed E-state index contributed by atoms with van der Waals surface area (Å²) in [6, 6.07) is 9.35.